The van der Waals surface area contributed by atoms with Gasteiger partial charge < -0.3 is 9.47 Å². The molecule has 0 aliphatic carbocycles. The molecule has 0 radical (unpaired) electrons. The lowest BCUT2D eigenvalue weighted by Gasteiger charge is -2.13. The third-order valence-corrected chi connectivity index (χ3v) is 5.85. The number of aromatic nitrogens is 3. The van der Waals surface area contributed by atoms with E-state index in [1.165, 1.54) is 14.2 Å². The van der Waals surface area contributed by atoms with Crippen LogP contribution < -0.4 is 4.74 Å². The SMILES string of the molecule is COC(=O)c1cc(-c2cnn(PI)c2)ccc1-c1ccc(Cl)nc1OC. The number of esters is 1. The topological polar surface area (TPSA) is 66.2 Å². The Kier molecular flexibility index (Phi) is 6.11. The van der Waals surface area contributed by atoms with Gasteiger partial charge in [-0.05, 0) is 45.8 Å². The molecular formula is C17H14ClIN3O3P. The molecule has 0 amide bonds. The number of halogens is 2. The lowest BCUT2D eigenvalue weighted by atomic mass is 9.96. The van der Waals surface area contributed by atoms with Crippen LogP contribution in [0.1, 0.15) is 10.4 Å². The Morgan fingerprint density at radius 3 is 2.62 bits per heavy atom. The summed E-state index contributed by atoms with van der Waals surface area (Å²) in [5, 5.41) is 4.60. The van der Waals surface area contributed by atoms with E-state index in [-0.39, 0.29) is 0 Å². The van der Waals surface area contributed by atoms with Crippen molar-refractivity contribution >= 4 is 46.0 Å². The summed E-state index contributed by atoms with van der Waals surface area (Å²) >= 11 is 8.20. The molecule has 134 valence electrons. The van der Waals surface area contributed by atoms with E-state index in [0.29, 0.717) is 34.1 Å². The molecule has 0 N–H and O–H groups in total. The van der Waals surface area contributed by atoms with Gasteiger partial charge in [0.2, 0.25) is 5.88 Å². The fourth-order valence-electron chi connectivity index (χ4n) is 2.53. The van der Waals surface area contributed by atoms with Crippen molar-refractivity contribution in [3.05, 3.63) is 53.4 Å². The first kappa shape index (κ1) is 19.1. The maximum Gasteiger partial charge on any atom is 0.338 e. The Bertz CT molecular complexity index is 964. The summed E-state index contributed by atoms with van der Waals surface area (Å²) in [6.45, 7) is 0. The monoisotopic (exact) mass is 501 g/mol. The average molecular weight is 502 g/mol. The first-order valence-electron chi connectivity index (χ1n) is 7.42. The van der Waals surface area contributed by atoms with Crippen LogP contribution in [-0.4, -0.2) is 34.7 Å². The van der Waals surface area contributed by atoms with Crippen molar-refractivity contribution in [1.29, 1.82) is 0 Å². The summed E-state index contributed by atoms with van der Waals surface area (Å²) in [6, 6.07) is 8.98. The molecule has 26 heavy (non-hydrogen) atoms. The van der Waals surface area contributed by atoms with Gasteiger partial charge in [0.05, 0.1) is 32.4 Å². The van der Waals surface area contributed by atoms with E-state index >= 15 is 0 Å². The van der Waals surface area contributed by atoms with Crippen molar-refractivity contribution in [3.63, 3.8) is 0 Å². The van der Waals surface area contributed by atoms with Gasteiger partial charge in [-0.15, -0.1) is 0 Å². The molecule has 2 aromatic heterocycles. The van der Waals surface area contributed by atoms with Crippen LogP contribution in [0.5, 0.6) is 5.88 Å². The average Bonchev–Trinajstić information content (AvgIpc) is 3.16. The fourth-order valence-corrected chi connectivity index (χ4v) is 3.75. The number of hydrogen-bond acceptors (Lipinski definition) is 5. The van der Waals surface area contributed by atoms with Gasteiger partial charge in [-0.3, -0.25) is 0 Å². The minimum absolute atomic E-state index is 0.314. The molecular weight excluding hydrogens is 488 g/mol. The number of benzene rings is 1. The quantitative estimate of drug-likeness (QED) is 0.216. The molecule has 9 heteroatoms. The maximum atomic E-state index is 12.4. The number of carbonyl (C=O) groups excluding carboxylic acids is 1. The van der Waals surface area contributed by atoms with Crippen molar-refractivity contribution in [3.8, 4) is 28.1 Å². The summed E-state index contributed by atoms with van der Waals surface area (Å²) in [5.41, 5.74) is 3.53. The molecule has 3 aromatic rings. The number of nitrogens with zero attached hydrogens (tertiary/aromatic N) is 3. The van der Waals surface area contributed by atoms with E-state index in [4.69, 9.17) is 21.1 Å². The largest absolute Gasteiger partial charge is 0.481 e. The van der Waals surface area contributed by atoms with Crippen LogP contribution in [0.2, 0.25) is 5.15 Å². The van der Waals surface area contributed by atoms with Gasteiger partial charge in [-0.2, -0.15) is 5.10 Å². The third-order valence-electron chi connectivity index (χ3n) is 3.74. The second kappa shape index (κ2) is 8.33. The van der Waals surface area contributed by atoms with E-state index in [0.717, 1.165) is 11.1 Å². The number of hydrogen-bond donors (Lipinski definition) is 0. The van der Waals surface area contributed by atoms with Crippen molar-refractivity contribution in [2.24, 2.45) is 0 Å². The number of ether oxygens (including phenoxy) is 2. The highest BCUT2D eigenvalue weighted by Gasteiger charge is 2.19. The Morgan fingerprint density at radius 2 is 1.96 bits per heavy atom. The van der Waals surface area contributed by atoms with Crippen LogP contribution in [-0.2, 0) is 4.74 Å². The van der Waals surface area contributed by atoms with Gasteiger partial charge in [0.25, 0.3) is 0 Å². The predicted molar refractivity (Wildman–Crippen MR) is 112 cm³/mol. The highest BCUT2D eigenvalue weighted by Crippen LogP contribution is 2.35. The molecule has 1 unspecified atom stereocenters. The number of pyridine rings is 1. The zero-order valence-electron chi connectivity index (χ0n) is 13.9. The van der Waals surface area contributed by atoms with Gasteiger partial charge >= 0.3 is 5.97 Å². The number of rotatable bonds is 5. The Morgan fingerprint density at radius 1 is 1.19 bits per heavy atom. The second-order valence-corrected chi connectivity index (χ2v) is 7.66. The molecule has 3 rings (SSSR count). The molecule has 0 aliphatic rings. The molecule has 6 nitrogen and oxygen atoms in total. The molecule has 0 fully saturated rings. The molecule has 2 heterocycles. The normalized spacial score (nSPS) is 11.1. The van der Waals surface area contributed by atoms with Crippen molar-refractivity contribution < 1.29 is 14.3 Å². The molecule has 1 aromatic carbocycles. The van der Waals surface area contributed by atoms with Crippen LogP contribution in [0.3, 0.4) is 0 Å². The Labute approximate surface area is 170 Å². The van der Waals surface area contributed by atoms with Crippen molar-refractivity contribution in [2.45, 2.75) is 0 Å². The number of carbonyl (C=O) groups is 1. The third kappa shape index (κ3) is 3.84. The summed E-state index contributed by atoms with van der Waals surface area (Å²) in [6.07, 6.45) is 4.21. The van der Waals surface area contributed by atoms with Gasteiger partial charge in [-0.25, -0.2) is 14.2 Å². The Balaban J connectivity index is 2.15. The van der Waals surface area contributed by atoms with Gasteiger partial charge in [-0.1, -0.05) is 23.7 Å². The summed E-state index contributed by atoms with van der Waals surface area (Å²) in [7, 11) is 2.86. The predicted octanol–water partition coefficient (Wildman–Crippen LogP) is 4.85. The number of methoxy groups -OCH3 is 2. The van der Waals surface area contributed by atoms with E-state index in [9.17, 15) is 4.79 Å². The zero-order valence-corrected chi connectivity index (χ0v) is 17.8. The van der Waals surface area contributed by atoms with Crippen LogP contribution in [0, 0.1) is 0 Å². The van der Waals surface area contributed by atoms with Crippen LogP contribution >= 0.6 is 40.0 Å². The van der Waals surface area contributed by atoms with E-state index < -0.39 is 5.97 Å². The van der Waals surface area contributed by atoms with E-state index in [1.807, 2.05) is 22.8 Å². The molecule has 0 bridgehead atoms. The lowest BCUT2D eigenvalue weighted by Crippen LogP contribution is -2.05. The van der Waals surface area contributed by atoms with Crippen molar-refractivity contribution in [2.75, 3.05) is 14.2 Å². The highest BCUT2D eigenvalue weighted by molar-refractivity contribution is 14.2. The van der Waals surface area contributed by atoms with Gasteiger partial charge in [0, 0.05) is 22.9 Å². The summed E-state index contributed by atoms with van der Waals surface area (Å²) in [5.74, 6) is -0.101. The minimum atomic E-state index is -0.443. The molecule has 0 spiro atoms. The minimum Gasteiger partial charge on any atom is -0.481 e. The standard InChI is InChI=1S/C17H14ClIN3O3P/c1-24-16-13(5-6-15(18)21-16)12-4-3-10(7-14(12)17(23)25-2)11-8-20-22(9-11)26-19/h3-9,26H,1-2H3. The smallest absolute Gasteiger partial charge is 0.338 e. The van der Waals surface area contributed by atoms with E-state index in [2.05, 4.69) is 32.1 Å². The first-order valence-corrected chi connectivity index (χ1v) is 11.9. The molecule has 1 atom stereocenters. The maximum absolute atomic E-state index is 12.4. The lowest BCUT2D eigenvalue weighted by molar-refractivity contribution is 0.0601. The van der Waals surface area contributed by atoms with Crippen LogP contribution in [0.4, 0.5) is 0 Å². The van der Waals surface area contributed by atoms with Crippen LogP contribution in [0.25, 0.3) is 22.3 Å². The van der Waals surface area contributed by atoms with E-state index in [1.54, 1.807) is 24.4 Å². The van der Waals surface area contributed by atoms with Gasteiger partial charge in [0.1, 0.15) is 5.15 Å². The zero-order chi connectivity index (χ0) is 18.7. The first-order chi connectivity index (χ1) is 12.6. The Hall–Kier alpha value is -1.70. The fraction of sp³-hybridized carbons (Fsp3) is 0.118. The molecule has 0 saturated carbocycles. The molecule has 0 aliphatic heterocycles. The second-order valence-electron chi connectivity index (χ2n) is 5.20. The summed E-state index contributed by atoms with van der Waals surface area (Å²) < 4.78 is 12.1. The summed E-state index contributed by atoms with van der Waals surface area (Å²) in [4.78, 5) is 16.6. The van der Waals surface area contributed by atoms with Gasteiger partial charge in [0.15, 0.2) is 0 Å². The molecule has 0 saturated heterocycles. The highest BCUT2D eigenvalue weighted by atomic mass is 127. The van der Waals surface area contributed by atoms with Crippen molar-refractivity contribution in [1.82, 2.24) is 14.5 Å². The van der Waals surface area contributed by atoms with Crippen LogP contribution in [0.15, 0.2) is 42.7 Å².